The molecule has 0 saturated heterocycles. The number of amides is 1. The molecule has 1 unspecified atom stereocenters. The van der Waals surface area contributed by atoms with Crippen molar-refractivity contribution in [3.8, 4) is 0 Å². The van der Waals surface area contributed by atoms with Crippen molar-refractivity contribution in [1.82, 2.24) is 9.88 Å². The molecule has 1 aromatic carbocycles. The smallest absolute Gasteiger partial charge is 0.254 e. The minimum absolute atomic E-state index is 0.227. The summed E-state index contributed by atoms with van der Waals surface area (Å²) in [6.07, 6.45) is 1.52. The van der Waals surface area contributed by atoms with Crippen LogP contribution in [0.15, 0.2) is 41.1 Å². The van der Waals surface area contributed by atoms with Gasteiger partial charge in [-0.1, -0.05) is 6.07 Å². The van der Waals surface area contributed by atoms with E-state index in [2.05, 4.69) is 20.9 Å². The Bertz CT molecular complexity index is 678. The SMILES string of the molecule is CC(c1ccc(F)c(F)c1)N(C)C(=O)c1ccnc(Br)c1. The summed E-state index contributed by atoms with van der Waals surface area (Å²) < 4.78 is 26.8. The first-order chi connectivity index (χ1) is 9.90. The number of rotatable bonds is 3. The van der Waals surface area contributed by atoms with E-state index < -0.39 is 11.6 Å². The van der Waals surface area contributed by atoms with E-state index in [-0.39, 0.29) is 11.9 Å². The van der Waals surface area contributed by atoms with Crippen LogP contribution in [0.25, 0.3) is 0 Å². The van der Waals surface area contributed by atoms with E-state index in [1.54, 1.807) is 26.1 Å². The molecule has 0 fully saturated rings. The number of carbonyl (C=O) groups is 1. The molecule has 0 aliphatic carbocycles. The number of benzene rings is 1. The molecule has 1 amide bonds. The fraction of sp³-hybridized carbons (Fsp3) is 0.200. The van der Waals surface area contributed by atoms with Crippen LogP contribution in [0.5, 0.6) is 0 Å². The van der Waals surface area contributed by atoms with E-state index in [9.17, 15) is 13.6 Å². The number of halogens is 3. The Morgan fingerprint density at radius 3 is 2.57 bits per heavy atom. The standard InChI is InChI=1S/C15H13BrF2N2O/c1-9(10-3-4-12(17)13(18)7-10)20(2)15(21)11-5-6-19-14(16)8-11/h3-9H,1-2H3. The van der Waals surface area contributed by atoms with E-state index in [1.165, 1.54) is 17.2 Å². The summed E-state index contributed by atoms with van der Waals surface area (Å²) in [4.78, 5) is 17.8. The van der Waals surface area contributed by atoms with Crippen LogP contribution in [0.3, 0.4) is 0 Å². The highest BCUT2D eigenvalue weighted by Crippen LogP contribution is 2.23. The van der Waals surface area contributed by atoms with Crippen molar-refractivity contribution >= 4 is 21.8 Å². The van der Waals surface area contributed by atoms with E-state index in [1.807, 2.05) is 0 Å². The minimum Gasteiger partial charge on any atom is -0.335 e. The summed E-state index contributed by atoms with van der Waals surface area (Å²) in [6, 6.07) is 6.45. The Labute approximate surface area is 129 Å². The molecular formula is C15H13BrF2N2O. The van der Waals surface area contributed by atoms with Gasteiger partial charge in [0.05, 0.1) is 6.04 Å². The fourth-order valence-electron chi connectivity index (χ4n) is 1.91. The number of hydrogen-bond donors (Lipinski definition) is 0. The van der Waals surface area contributed by atoms with Gasteiger partial charge in [-0.15, -0.1) is 0 Å². The molecule has 1 heterocycles. The Morgan fingerprint density at radius 1 is 1.24 bits per heavy atom. The zero-order valence-electron chi connectivity index (χ0n) is 11.5. The zero-order chi connectivity index (χ0) is 15.6. The van der Waals surface area contributed by atoms with Crippen molar-refractivity contribution in [2.45, 2.75) is 13.0 Å². The van der Waals surface area contributed by atoms with Gasteiger partial charge in [0.1, 0.15) is 4.60 Å². The summed E-state index contributed by atoms with van der Waals surface area (Å²) >= 11 is 3.21. The molecule has 1 aromatic heterocycles. The normalized spacial score (nSPS) is 12.0. The molecule has 6 heteroatoms. The van der Waals surface area contributed by atoms with Gasteiger partial charge in [-0.2, -0.15) is 0 Å². The van der Waals surface area contributed by atoms with Gasteiger partial charge in [0.2, 0.25) is 0 Å². The quantitative estimate of drug-likeness (QED) is 0.781. The molecule has 0 saturated carbocycles. The lowest BCUT2D eigenvalue weighted by molar-refractivity contribution is 0.0742. The lowest BCUT2D eigenvalue weighted by Gasteiger charge is -2.25. The van der Waals surface area contributed by atoms with E-state index in [0.717, 1.165) is 12.1 Å². The molecule has 0 radical (unpaired) electrons. The second-order valence-electron chi connectivity index (χ2n) is 4.63. The molecule has 2 rings (SSSR count). The van der Waals surface area contributed by atoms with Gasteiger partial charge < -0.3 is 4.90 Å². The number of nitrogens with zero attached hydrogens (tertiary/aromatic N) is 2. The maximum atomic E-state index is 13.3. The molecule has 0 aliphatic rings. The summed E-state index contributed by atoms with van der Waals surface area (Å²) in [5.74, 6) is -2.06. The molecule has 3 nitrogen and oxygen atoms in total. The first kappa shape index (κ1) is 15.6. The highest BCUT2D eigenvalue weighted by Gasteiger charge is 2.20. The second kappa shape index (κ2) is 6.30. The monoisotopic (exact) mass is 354 g/mol. The molecular weight excluding hydrogens is 342 g/mol. The summed E-state index contributed by atoms with van der Waals surface area (Å²) in [5.41, 5.74) is 0.992. The molecule has 0 bridgehead atoms. The van der Waals surface area contributed by atoms with Gasteiger partial charge in [0.25, 0.3) is 5.91 Å². The van der Waals surface area contributed by atoms with Crippen molar-refractivity contribution in [3.05, 3.63) is 63.9 Å². The predicted molar refractivity (Wildman–Crippen MR) is 78.8 cm³/mol. The predicted octanol–water partition coefficient (Wildman–Crippen LogP) is 3.96. The third-order valence-electron chi connectivity index (χ3n) is 3.30. The molecule has 2 aromatic rings. The topological polar surface area (TPSA) is 33.2 Å². The van der Waals surface area contributed by atoms with Crippen molar-refractivity contribution in [3.63, 3.8) is 0 Å². The Balaban J connectivity index is 2.24. The molecule has 1 atom stereocenters. The van der Waals surface area contributed by atoms with Gasteiger partial charge in [-0.3, -0.25) is 4.79 Å². The second-order valence-corrected chi connectivity index (χ2v) is 5.45. The highest BCUT2D eigenvalue weighted by molar-refractivity contribution is 9.10. The third-order valence-corrected chi connectivity index (χ3v) is 3.73. The van der Waals surface area contributed by atoms with Crippen molar-refractivity contribution in [2.24, 2.45) is 0 Å². The van der Waals surface area contributed by atoms with Crippen LogP contribution in [0.4, 0.5) is 8.78 Å². The number of carbonyl (C=O) groups excluding carboxylic acids is 1. The highest BCUT2D eigenvalue weighted by atomic mass is 79.9. The fourth-order valence-corrected chi connectivity index (χ4v) is 2.28. The van der Waals surface area contributed by atoms with Crippen LogP contribution in [-0.4, -0.2) is 22.8 Å². The van der Waals surface area contributed by atoms with Crippen LogP contribution < -0.4 is 0 Å². The Kier molecular flexibility index (Phi) is 4.67. The van der Waals surface area contributed by atoms with Crippen molar-refractivity contribution < 1.29 is 13.6 Å². The number of aromatic nitrogens is 1. The molecule has 0 spiro atoms. The van der Waals surface area contributed by atoms with Gasteiger partial charge in [-0.05, 0) is 52.7 Å². The molecule has 0 N–H and O–H groups in total. The van der Waals surface area contributed by atoms with Crippen molar-refractivity contribution in [2.75, 3.05) is 7.05 Å². The van der Waals surface area contributed by atoms with Gasteiger partial charge in [0.15, 0.2) is 11.6 Å². The van der Waals surface area contributed by atoms with Crippen LogP contribution in [-0.2, 0) is 0 Å². The number of hydrogen-bond acceptors (Lipinski definition) is 2. The van der Waals surface area contributed by atoms with E-state index in [0.29, 0.717) is 15.7 Å². The molecule has 21 heavy (non-hydrogen) atoms. The summed E-state index contributed by atoms with van der Waals surface area (Å²) in [5, 5.41) is 0. The largest absolute Gasteiger partial charge is 0.335 e. The third kappa shape index (κ3) is 3.44. The first-order valence-electron chi connectivity index (χ1n) is 6.24. The average molecular weight is 355 g/mol. The molecule has 110 valence electrons. The van der Waals surface area contributed by atoms with Gasteiger partial charge >= 0.3 is 0 Å². The van der Waals surface area contributed by atoms with Crippen LogP contribution in [0, 0.1) is 11.6 Å². The van der Waals surface area contributed by atoms with E-state index >= 15 is 0 Å². The maximum Gasteiger partial charge on any atom is 0.254 e. The Morgan fingerprint density at radius 2 is 1.95 bits per heavy atom. The van der Waals surface area contributed by atoms with E-state index in [4.69, 9.17) is 0 Å². The maximum absolute atomic E-state index is 13.3. The van der Waals surface area contributed by atoms with Gasteiger partial charge in [-0.25, -0.2) is 13.8 Å². The van der Waals surface area contributed by atoms with Crippen LogP contribution in [0.1, 0.15) is 28.9 Å². The lowest BCUT2D eigenvalue weighted by atomic mass is 10.1. The lowest BCUT2D eigenvalue weighted by Crippen LogP contribution is -2.29. The Hall–Kier alpha value is -1.82. The first-order valence-corrected chi connectivity index (χ1v) is 7.03. The van der Waals surface area contributed by atoms with Gasteiger partial charge in [0, 0.05) is 18.8 Å². The summed E-state index contributed by atoms with van der Waals surface area (Å²) in [6.45, 7) is 1.75. The zero-order valence-corrected chi connectivity index (χ0v) is 13.1. The molecule has 0 aliphatic heterocycles. The van der Waals surface area contributed by atoms with Crippen LogP contribution >= 0.6 is 15.9 Å². The van der Waals surface area contributed by atoms with Crippen LogP contribution in [0.2, 0.25) is 0 Å². The number of pyridine rings is 1. The minimum atomic E-state index is -0.924. The summed E-state index contributed by atoms with van der Waals surface area (Å²) in [7, 11) is 1.61. The average Bonchev–Trinajstić information content (AvgIpc) is 2.47. The van der Waals surface area contributed by atoms with Crippen molar-refractivity contribution in [1.29, 1.82) is 0 Å².